The Bertz CT molecular complexity index is 952. The third-order valence-corrected chi connectivity index (χ3v) is 3.79. The van der Waals surface area contributed by atoms with Crippen molar-refractivity contribution in [2.75, 3.05) is 17.2 Å². The van der Waals surface area contributed by atoms with Gasteiger partial charge >= 0.3 is 6.36 Å². The standard InChI is InChI=1S/C20H19F3N4O2/c1-13(12-28)24-19-26-17(14-6-3-2-4-7-14)11-18(27-19)25-15-8-5-9-16(10-15)29-20(21,22)23/h2-11,13,28H,12H2,1H3,(H2,24,25,26,27)/t13-/m1/s1. The van der Waals surface area contributed by atoms with Crippen LogP contribution in [0.15, 0.2) is 60.7 Å². The van der Waals surface area contributed by atoms with Gasteiger partial charge in [0.2, 0.25) is 5.95 Å². The zero-order valence-corrected chi connectivity index (χ0v) is 15.4. The van der Waals surface area contributed by atoms with Crippen LogP contribution in [0.3, 0.4) is 0 Å². The van der Waals surface area contributed by atoms with Gasteiger partial charge in [0.1, 0.15) is 11.6 Å². The van der Waals surface area contributed by atoms with E-state index in [1.165, 1.54) is 18.2 Å². The third kappa shape index (κ3) is 6.08. The van der Waals surface area contributed by atoms with Crippen molar-refractivity contribution in [2.45, 2.75) is 19.3 Å². The Morgan fingerprint density at radius 2 is 1.79 bits per heavy atom. The summed E-state index contributed by atoms with van der Waals surface area (Å²) in [5.74, 6) is 0.306. The topological polar surface area (TPSA) is 79.3 Å². The van der Waals surface area contributed by atoms with E-state index in [2.05, 4.69) is 25.3 Å². The first-order valence-electron chi connectivity index (χ1n) is 8.77. The lowest BCUT2D eigenvalue weighted by atomic mass is 10.1. The normalized spacial score (nSPS) is 12.3. The number of aromatic nitrogens is 2. The molecule has 9 heteroatoms. The van der Waals surface area contributed by atoms with E-state index in [9.17, 15) is 18.3 Å². The smallest absolute Gasteiger partial charge is 0.406 e. The van der Waals surface area contributed by atoms with Crippen molar-refractivity contribution in [1.29, 1.82) is 0 Å². The molecule has 0 amide bonds. The molecule has 1 aromatic heterocycles. The zero-order chi connectivity index (χ0) is 20.9. The molecule has 152 valence electrons. The van der Waals surface area contributed by atoms with E-state index in [0.29, 0.717) is 17.2 Å². The summed E-state index contributed by atoms with van der Waals surface area (Å²) < 4.78 is 41.3. The molecule has 2 aromatic carbocycles. The molecule has 0 radical (unpaired) electrons. The first kappa shape index (κ1) is 20.4. The highest BCUT2D eigenvalue weighted by Crippen LogP contribution is 2.28. The number of hydrogen-bond acceptors (Lipinski definition) is 6. The Balaban J connectivity index is 1.92. The highest BCUT2D eigenvalue weighted by atomic mass is 19.4. The average Bonchev–Trinajstić information content (AvgIpc) is 2.67. The molecule has 1 heterocycles. The molecule has 1 atom stereocenters. The maximum Gasteiger partial charge on any atom is 0.573 e. The van der Waals surface area contributed by atoms with Crippen LogP contribution in [0.25, 0.3) is 11.3 Å². The van der Waals surface area contributed by atoms with E-state index < -0.39 is 6.36 Å². The van der Waals surface area contributed by atoms with Gasteiger partial charge in [-0.1, -0.05) is 36.4 Å². The van der Waals surface area contributed by atoms with Crippen LogP contribution in [0, 0.1) is 0 Å². The molecule has 0 aliphatic heterocycles. The van der Waals surface area contributed by atoms with Gasteiger partial charge in [0.25, 0.3) is 0 Å². The Hall–Kier alpha value is -3.33. The minimum atomic E-state index is -4.77. The lowest BCUT2D eigenvalue weighted by Gasteiger charge is -2.15. The number of rotatable bonds is 7. The predicted molar refractivity (Wildman–Crippen MR) is 104 cm³/mol. The molecule has 0 saturated heterocycles. The maximum atomic E-state index is 12.5. The van der Waals surface area contributed by atoms with Gasteiger partial charge in [0.05, 0.1) is 12.3 Å². The minimum Gasteiger partial charge on any atom is -0.406 e. The van der Waals surface area contributed by atoms with Crippen molar-refractivity contribution in [3.8, 4) is 17.0 Å². The molecule has 3 rings (SSSR count). The summed E-state index contributed by atoms with van der Waals surface area (Å²) in [7, 11) is 0. The van der Waals surface area contributed by atoms with E-state index in [0.717, 1.165) is 5.56 Å². The van der Waals surface area contributed by atoms with Gasteiger partial charge in [-0.05, 0) is 19.1 Å². The van der Waals surface area contributed by atoms with Gasteiger partial charge in [-0.2, -0.15) is 4.98 Å². The van der Waals surface area contributed by atoms with Crippen molar-refractivity contribution < 1.29 is 23.0 Å². The number of hydrogen-bond donors (Lipinski definition) is 3. The number of alkyl halides is 3. The number of halogens is 3. The molecule has 0 bridgehead atoms. The third-order valence-electron chi connectivity index (χ3n) is 3.79. The lowest BCUT2D eigenvalue weighted by Crippen LogP contribution is -2.21. The zero-order valence-electron chi connectivity index (χ0n) is 15.4. The average molecular weight is 404 g/mol. The highest BCUT2D eigenvalue weighted by Gasteiger charge is 2.31. The molecule has 0 unspecified atom stereocenters. The summed E-state index contributed by atoms with van der Waals surface area (Å²) in [5.41, 5.74) is 1.82. The van der Waals surface area contributed by atoms with Crippen molar-refractivity contribution in [3.05, 3.63) is 60.7 Å². The van der Waals surface area contributed by atoms with Crippen LogP contribution in [-0.2, 0) is 0 Å². The molecule has 0 fully saturated rings. The minimum absolute atomic E-state index is 0.113. The van der Waals surface area contributed by atoms with E-state index >= 15 is 0 Å². The van der Waals surface area contributed by atoms with Crippen LogP contribution < -0.4 is 15.4 Å². The van der Waals surface area contributed by atoms with E-state index in [-0.39, 0.29) is 24.3 Å². The number of nitrogens with zero attached hydrogens (tertiary/aromatic N) is 2. The fourth-order valence-electron chi connectivity index (χ4n) is 2.52. The van der Waals surface area contributed by atoms with Crippen molar-refractivity contribution in [2.24, 2.45) is 0 Å². The SMILES string of the molecule is C[C@H](CO)Nc1nc(Nc2cccc(OC(F)(F)F)c2)cc(-c2ccccc2)n1. The maximum absolute atomic E-state index is 12.5. The lowest BCUT2D eigenvalue weighted by molar-refractivity contribution is -0.274. The molecular formula is C20H19F3N4O2. The monoisotopic (exact) mass is 404 g/mol. The van der Waals surface area contributed by atoms with Crippen LogP contribution in [-0.4, -0.2) is 34.1 Å². The number of aliphatic hydroxyl groups is 1. The molecule has 6 nitrogen and oxygen atoms in total. The Morgan fingerprint density at radius 3 is 2.48 bits per heavy atom. The van der Waals surface area contributed by atoms with Gasteiger partial charge in [-0.3, -0.25) is 0 Å². The van der Waals surface area contributed by atoms with Gasteiger partial charge < -0.3 is 20.5 Å². The van der Waals surface area contributed by atoms with Crippen molar-refractivity contribution in [3.63, 3.8) is 0 Å². The molecule has 0 saturated carbocycles. The Kier molecular flexibility index (Phi) is 6.18. The number of nitrogens with one attached hydrogen (secondary N) is 2. The quantitative estimate of drug-likeness (QED) is 0.535. The molecular weight excluding hydrogens is 385 g/mol. The van der Waals surface area contributed by atoms with Crippen LogP contribution in [0.5, 0.6) is 5.75 Å². The van der Waals surface area contributed by atoms with Gasteiger partial charge in [0.15, 0.2) is 0 Å². The second-order valence-electron chi connectivity index (χ2n) is 6.26. The van der Waals surface area contributed by atoms with Gasteiger partial charge in [-0.25, -0.2) is 4.98 Å². The first-order valence-corrected chi connectivity index (χ1v) is 8.77. The van der Waals surface area contributed by atoms with Crippen molar-refractivity contribution >= 4 is 17.5 Å². The largest absolute Gasteiger partial charge is 0.573 e. The summed E-state index contributed by atoms with van der Waals surface area (Å²) >= 11 is 0. The first-order chi connectivity index (χ1) is 13.8. The molecule has 0 spiro atoms. The summed E-state index contributed by atoms with van der Waals surface area (Å²) in [6.07, 6.45) is -4.77. The van der Waals surface area contributed by atoms with Crippen LogP contribution in [0.4, 0.5) is 30.6 Å². The summed E-state index contributed by atoms with van der Waals surface area (Å²) in [6.45, 7) is 1.65. The van der Waals surface area contributed by atoms with Crippen LogP contribution >= 0.6 is 0 Å². The predicted octanol–water partition coefficient (Wildman–Crippen LogP) is 4.58. The second-order valence-corrected chi connectivity index (χ2v) is 6.26. The summed E-state index contributed by atoms with van der Waals surface area (Å²) in [5, 5.41) is 15.2. The van der Waals surface area contributed by atoms with E-state index in [1.807, 2.05) is 30.3 Å². The second kappa shape index (κ2) is 8.78. The number of ether oxygens (including phenoxy) is 1. The summed E-state index contributed by atoms with van der Waals surface area (Å²) in [6, 6.07) is 16.2. The fourth-order valence-corrected chi connectivity index (χ4v) is 2.52. The van der Waals surface area contributed by atoms with E-state index in [1.54, 1.807) is 19.1 Å². The molecule has 0 aliphatic rings. The van der Waals surface area contributed by atoms with E-state index in [4.69, 9.17) is 0 Å². The van der Waals surface area contributed by atoms with Crippen LogP contribution in [0.1, 0.15) is 6.92 Å². The molecule has 0 aliphatic carbocycles. The molecule has 3 N–H and O–H groups in total. The number of aliphatic hydroxyl groups excluding tert-OH is 1. The van der Waals surface area contributed by atoms with Crippen LogP contribution in [0.2, 0.25) is 0 Å². The van der Waals surface area contributed by atoms with Gasteiger partial charge in [0, 0.05) is 29.4 Å². The number of benzene rings is 2. The highest BCUT2D eigenvalue weighted by molar-refractivity contribution is 5.67. The summed E-state index contributed by atoms with van der Waals surface area (Å²) in [4.78, 5) is 8.79. The Labute approximate surface area is 165 Å². The van der Waals surface area contributed by atoms with Crippen molar-refractivity contribution in [1.82, 2.24) is 9.97 Å². The Morgan fingerprint density at radius 1 is 1.03 bits per heavy atom. The molecule has 29 heavy (non-hydrogen) atoms. The molecule has 3 aromatic rings. The number of anilines is 3. The fraction of sp³-hybridized carbons (Fsp3) is 0.200. The van der Waals surface area contributed by atoms with Gasteiger partial charge in [-0.15, -0.1) is 13.2 Å².